The fourth-order valence-electron chi connectivity index (χ4n) is 0.927. The number of aromatic nitrogens is 3. The summed E-state index contributed by atoms with van der Waals surface area (Å²) < 4.78 is 3.10. The maximum Gasteiger partial charge on any atom is 0.219 e. The highest BCUT2D eigenvalue weighted by Gasteiger charge is 1.96. The Balaban J connectivity index is 2.88. The van der Waals surface area contributed by atoms with E-state index in [0.29, 0.717) is 0 Å². The Hall–Kier alpha value is -1.58. The Labute approximate surface area is 56.7 Å². The van der Waals surface area contributed by atoms with Gasteiger partial charge < -0.3 is 0 Å². The van der Waals surface area contributed by atoms with Crippen molar-refractivity contribution in [2.75, 3.05) is 0 Å². The Bertz CT molecular complexity index is 360. The standard InChI is InChI=1S/C6H5N3O/c10-5-8-3-4-9-6(8)1-2-7-9/h1-5H. The van der Waals surface area contributed by atoms with Gasteiger partial charge in [-0.2, -0.15) is 5.10 Å². The van der Waals surface area contributed by atoms with Crippen molar-refractivity contribution in [3.63, 3.8) is 0 Å². The average molecular weight is 135 g/mol. The first-order chi connectivity index (χ1) is 4.92. The van der Waals surface area contributed by atoms with Crippen LogP contribution < -0.4 is 0 Å². The summed E-state index contributed by atoms with van der Waals surface area (Å²) in [7, 11) is 0. The van der Waals surface area contributed by atoms with E-state index in [1.165, 1.54) is 4.57 Å². The quantitative estimate of drug-likeness (QED) is 0.523. The molecule has 0 aromatic carbocycles. The topological polar surface area (TPSA) is 39.3 Å². The van der Waals surface area contributed by atoms with Crippen molar-refractivity contribution in [1.29, 1.82) is 0 Å². The first-order valence-corrected chi connectivity index (χ1v) is 2.87. The summed E-state index contributed by atoms with van der Waals surface area (Å²) in [6.07, 6.45) is 5.78. The van der Waals surface area contributed by atoms with Crippen LogP contribution in [0.25, 0.3) is 5.65 Å². The van der Waals surface area contributed by atoms with E-state index in [1.54, 1.807) is 29.2 Å². The average Bonchev–Trinajstić information content (AvgIpc) is 2.44. The van der Waals surface area contributed by atoms with Crippen LogP contribution in [-0.4, -0.2) is 20.6 Å². The van der Waals surface area contributed by atoms with Crippen molar-refractivity contribution in [3.8, 4) is 0 Å². The van der Waals surface area contributed by atoms with Crippen molar-refractivity contribution in [2.24, 2.45) is 0 Å². The van der Waals surface area contributed by atoms with Gasteiger partial charge in [0.25, 0.3) is 0 Å². The molecule has 0 radical (unpaired) electrons. The summed E-state index contributed by atoms with van der Waals surface area (Å²) in [4.78, 5) is 10.3. The number of imidazole rings is 1. The van der Waals surface area contributed by atoms with E-state index in [-0.39, 0.29) is 0 Å². The molecule has 0 aliphatic heterocycles. The lowest BCUT2D eigenvalue weighted by atomic mass is 10.7. The van der Waals surface area contributed by atoms with E-state index in [0.717, 1.165) is 12.1 Å². The van der Waals surface area contributed by atoms with Crippen LogP contribution in [0.1, 0.15) is 0 Å². The van der Waals surface area contributed by atoms with Gasteiger partial charge in [0.15, 0.2) is 0 Å². The second-order valence-electron chi connectivity index (χ2n) is 1.94. The predicted octanol–water partition coefficient (Wildman–Crippen LogP) is 0.174. The van der Waals surface area contributed by atoms with E-state index in [9.17, 15) is 4.79 Å². The molecule has 0 amide bonds. The van der Waals surface area contributed by atoms with E-state index < -0.39 is 0 Å². The van der Waals surface area contributed by atoms with Crippen molar-refractivity contribution < 1.29 is 4.79 Å². The summed E-state index contributed by atoms with van der Waals surface area (Å²) in [6.45, 7) is 0. The first-order valence-electron chi connectivity index (χ1n) is 2.87. The van der Waals surface area contributed by atoms with Gasteiger partial charge in [-0.1, -0.05) is 0 Å². The van der Waals surface area contributed by atoms with Gasteiger partial charge in [0.2, 0.25) is 6.41 Å². The lowest BCUT2D eigenvalue weighted by molar-refractivity contribution is 0.549. The molecule has 0 aliphatic carbocycles. The number of carbonyl (C=O) groups excluding carboxylic acids is 1. The summed E-state index contributed by atoms with van der Waals surface area (Å²) in [5.41, 5.74) is 0.787. The third kappa shape index (κ3) is 0.500. The molecule has 0 atom stereocenters. The third-order valence-electron chi connectivity index (χ3n) is 1.40. The Kier molecular flexibility index (Phi) is 0.887. The van der Waals surface area contributed by atoms with Crippen LogP contribution >= 0.6 is 0 Å². The molecule has 0 bridgehead atoms. The first kappa shape index (κ1) is 5.22. The van der Waals surface area contributed by atoms with Gasteiger partial charge in [0.05, 0.1) is 6.20 Å². The number of hydrogen-bond acceptors (Lipinski definition) is 2. The zero-order valence-electron chi connectivity index (χ0n) is 5.14. The molecule has 0 saturated heterocycles. The van der Waals surface area contributed by atoms with Crippen molar-refractivity contribution >= 4 is 12.1 Å². The van der Waals surface area contributed by atoms with Crippen LogP contribution in [-0.2, 0) is 4.79 Å². The lowest BCUT2D eigenvalue weighted by Crippen LogP contribution is -1.90. The Morgan fingerprint density at radius 2 is 2.40 bits per heavy atom. The number of nitrogens with zero attached hydrogens (tertiary/aromatic N) is 3. The zero-order chi connectivity index (χ0) is 6.97. The number of fused-ring (bicyclic) bond motifs is 1. The fraction of sp³-hybridized carbons (Fsp3) is 0. The maximum absolute atomic E-state index is 10.3. The number of carbonyl (C=O) groups is 1. The van der Waals surface area contributed by atoms with Crippen molar-refractivity contribution in [2.45, 2.75) is 0 Å². The van der Waals surface area contributed by atoms with E-state index in [2.05, 4.69) is 5.10 Å². The molecule has 2 rings (SSSR count). The monoisotopic (exact) mass is 135 g/mol. The van der Waals surface area contributed by atoms with Gasteiger partial charge in [-0.25, -0.2) is 4.52 Å². The minimum Gasteiger partial charge on any atom is -0.278 e. The molecule has 0 spiro atoms. The highest BCUT2D eigenvalue weighted by molar-refractivity contribution is 5.62. The van der Waals surface area contributed by atoms with Gasteiger partial charge >= 0.3 is 0 Å². The van der Waals surface area contributed by atoms with Crippen LogP contribution in [0.2, 0.25) is 0 Å². The molecular weight excluding hydrogens is 130 g/mol. The molecule has 0 fully saturated rings. The van der Waals surface area contributed by atoms with Gasteiger partial charge in [-0.3, -0.25) is 9.36 Å². The van der Waals surface area contributed by atoms with Gasteiger partial charge in [-0.15, -0.1) is 0 Å². The minimum absolute atomic E-state index is 0.747. The lowest BCUT2D eigenvalue weighted by Gasteiger charge is -1.84. The van der Waals surface area contributed by atoms with Crippen LogP contribution in [0.5, 0.6) is 0 Å². The van der Waals surface area contributed by atoms with E-state index in [1.807, 2.05) is 0 Å². The summed E-state index contributed by atoms with van der Waals surface area (Å²) >= 11 is 0. The molecule has 50 valence electrons. The normalized spacial score (nSPS) is 10.4. The molecule has 2 aromatic heterocycles. The summed E-state index contributed by atoms with van der Waals surface area (Å²) in [6, 6.07) is 1.77. The Morgan fingerprint density at radius 3 is 3.20 bits per heavy atom. The van der Waals surface area contributed by atoms with Gasteiger partial charge in [0, 0.05) is 18.5 Å². The molecule has 2 heterocycles. The van der Waals surface area contributed by atoms with E-state index >= 15 is 0 Å². The van der Waals surface area contributed by atoms with E-state index in [4.69, 9.17) is 0 Å². The molecule has 4 heteroatoms. The van der Waals surface area contributed by atoms with Crippen molar-refractivity contribution in [1.82, 2.24) is 14.2 Å². The minimum atomic E-state index is 0.747. The van der Waals surface area contributed by atoms with Gasteiger partial charge in [0.1, 0.15) is 5.65 Å². The smallest absolute Gasteiger partial charge is 0.219 e. The SMILES string of the molecule is O=Cn1ccn2nccc12. The highest BCUT2D eigenvalue weighted by Crippen LogP contribution is 1.99. The molecule has 0 unspecified atom stereocenters. The summed E-state index contributed by atoms with van der Waals surface area (Å²) in [5, 5.41) is 3.92. The molecule has 0 saturated carbocycles. The number of rotatable bonds is 1. The molecule has 10 heavy (non-hydrogen) atoms. The van der Waals surface area contributed by atoms with Crippen LogP contribution in [0, 0.1) is 0 Å². The zero-order valence-corrected chi connectivity index (χ0v) is 5.14. The fourth-order valence-corrected chi connectivity index (χ4v) is 0.927. The van der Waals surface area contributed by atoms with Crippen LogP contribution in [0.3, 0.4) is 0 Å². The largest absolute Gasteiger partial charge is 0.278 e. The number of hydrogen-bond donors (Lipinski definition) is 0. The molecule has 0 N–H and O–H groups in total. The van der Waals surface area contributed by atoms with Crippen molar-refractivity contribution in [3.05, 3.63) is 24.7 Å². The maximum atomic E-state index is 10.3. The molecular formula is C6H5N3O. The van der Waals surface area contributed by atoms with Gasteiger partial charge in [-0.05, 0) is 0 Å². The second kappa shape index (κ2) is 1.70. The predicted molar refractivity (Wildman–Crippen MR) is 35.3 cm³/mol. The molecule has 2 aromatic rings. The summed E-state index contributed by atoms with van der Waals surface area (Å²) in [5.74, 6) is 0. The highest BCUT2D eigenvalue weighted by atomic mass is 16.1. The second-order valence-corrected chi connectivity index (χ2v) is 1.94. The Morgan fingerprint density at radius 1 is 1.50 bits per heavy atom. The molecule has 0 aliphatic rings. The van der Waals surface area contributed by atoms with Crippen LogP contribution in [0.4, 0.5) is 0 Å². The third-order valence-corrected chi connectivity index (χ3v) is 1.40. The van der Waals surface area contributed by atoms with Crippen LogP contribution in [0.15, 0.2) is 24.7 Å². The molecule has 4 nitrogen and oxygen atoms in total.